The Bertz CT molecular complexity index is 187. The summed E-state index contributed by atoms with van der Waals surface area (Å²) in [5.41, 5.74) is 0. The third-order valence-corrected chi connectivity index (χ3v) is 3.30. The first-order valence-electron chi connectivity index (χ1n) is 5.97. The van der Waals surface area contributed by atoms with Gasteiger partial charge in [0.05, 0.1) is 0 Å². The summed E-state index contributed by atoms with van der Waals surface area (Å²) in [5.74, 6) is 1.35. The molecule has 1 aliphatic heterocycles. The molecule has 1 rings (SSSR count). The van der Waals surface area contributed by atoms with E-state index in [9.17, 15) is 4.79 Å². The lowest BCUT2D eigenvalue weighted by atomic mass is 9.96. The molecule has 0 bridgehead atoms. The van der Waals surface area contributed by atoms with E-state index in [1.165, 1.54) is 12.8 Å². The molecule has 1 heterocycles. The van der Waals surface area contributed by atoms with Gasteiger partial charge < -0.3 is 4.90 Å². The van der Waals surface area contributed by atoms with E-state index < -0.39 is 0 Å². The third-order valence-electron chi connectivity index (χ3n) is 3.30. The number of piperidine rings is 1. The van der Waals surface area contributed by atoms with E-state index in [0.29, 0.717) is 11.8 Å². The highest BCUT2D eigenvalue weighted by Gasteiger charge is 2.25. The molecule has 0 aromatic rings. The monoisotopic (exact) mass is 197 g/mol. The van der Waals surface area contributed by atoms with Crippen LogP contribution < -0.4 is 0 Å². The Morgan fingerprint density at radius 2 is 2.07 bits per heavy atom. The van der Waals surface area contributed by atoms with E-state index in [0.717, 1.165) is 25.9 Å². The summed E-state index contributed by atoms with van der Waals surface area (Å²) < 4.78 is 0. The first-order valence-corrected chi connectivity index (χ1v) is 5.97. The van der Waals surface area contributed by atoms with Crippen LogP contribution in [0.15, 0.2) is 0 Å². The van der Waals surface area contributed by atoms with Crippen LogP contribution in [0.25, 0.3) is 0 Å². The van der Waals surface area contributed by atoms with E-state index in [2.05, 4.69) is 25.7 Å². The van der Waals surface area contributed by atoms with Gasteiger partial charge >= 0.3 is 0 Å². The van der Waals surface area contributed by atoms with Gasteiger partial charge in [0.2, 0.25) is 5.91 Å². The van der Waals surface area contributed by atoms with Gasteiger partial charge in [-0.25, -0.2) is 0 Å². The second kappa shape index (κ2) is 5.38. The second-order valence-electron chi connectivity index (χ2n) is 4.55. The summed E-state index contributed by atoms with van der Waals surface area (Å²) >= 11 is 0. The standard InChI is InChI=1S/C12H23NO/c1-4-11(5-2)12(14)13-8-6-7-10(3)9-13/h10-11H,4-9H2,1-3H3. The van der Waals surface area contributed by atoms with Crippen molar-refractivity contribution in [3.63, 3.8) is 0 Å². The van der Waals surface area contributed by atoms with Crippen molar-refractivity contribution in [2.75, 3.05) is 13.1 Å². The molecule has 0 aliphatic carbocycles. The zero-order valence-electron chi connectivity index (χ0n) is 9.75. The predicted octanol–water partition coefficient (Wildman–Crippen LogP) is 2.68. The smallest absolute Gasteiger partial charge is 0.225 e. The molecule has 2 nitrogen and oxygen atoms in total. The largest absolute Gasteiger partial charge is 0.342 e. The highest BCUT2D eigenvalue weighted by molar-refractivity contribution is 5.78. The fraction of sp³-hybridized carbons (Fsp3) is 0.917. The van der Waals surface area contributed by atoms with Crippen LogP contribution in [-0.4, -0.2) is 23.9 Å². The number of hydrogen-bond acceptors (Lipinski definition) is 1. The molecule has 0 N–H and O–H groups in total. The highest BCUT2D eigenvalue weighted by Crippen LogP contribution is 2.19. The number of carbonyl (C=O) groups excluding carboxylic acids is 1. The maximum atomic E-state index is 12.0. The van der Waals surface area contributed by atoms with Crippen molar-refractivity contribution >= 4 is 5.91 Å². The molecule has 1 saturated heterocycles. The molecule has 1 amide bonds. The molecule has 0 saturated carbocycles. The quantitative estimate of drug-likeness (QED) is 0.681. The van der Waals surface area contributed by atoms with E-state index in [-0.39, 0.29) is 5.92 Å². The van der Waals surface area contributed by atoms with Gasteiger partial charge in [-0.2, -0.15) is 0 Å². The topological polar surface area (TPSA) is 20.3 Å². The fourth-order valence-electron chi connectivity index (χ4n) is 2.29. The Morgan fingerprint density at radius 3 is 2.57 bits per heavy atom. The predicted molar refractivity (Wildman–Crippen MR) is 59.1 cm³/mol. The van der Waals surface area contributed by atoms with Gasteiger partial charge in [-0.1, -0.05) is 20.8 Å². The first-order chi connectivity index (χ1) is 6.69. The summed E-state index contributed by atoms with van der Waals surface area (Å²) in [6.45, 7) is 8.43. The van der Waals surface area contributed by atoms with Crippen molar-refractivity contribution in [2.45, 2.75) is 46.5 Å². The molecule has 0 aromatic heterocycles. The maximum Gasteiger partial charge on any atom is 0.225 e. The van der Waals surface area contributed by atoms with Crippen LogP contribution in [0.2, 0.25) is 0 Å². The fourth-order valence-corrected chi connectivity index (χ4v) is 2.29. The van der Waals surface area contributed by atoms with Gasteiger partial charge in [-0.15, -0.1) is 0 Å². The Morgan fingerprint density at radius 1 is 1.43 bits per heavy atom. The van der Waals surface area contributed by atoms with Gasteiger partial charge in [0, 0.05) is 19.0 Å². The average Bonchev–Trinajstić information content (AvgIpc) is 2.19. The average molecular weight is 197 g/mol. The lowest BCUT2D eigenvalue weighted by Crippen LogP contribution is -2.42. The highest BCUT2D eigenvalue weighted by atomic mass is 16.2. The minimum Gasteiger partial charge on any atom is -0.342 e. The molecule has 82 valence electrons. The van der Waals surface area contributed by atoms with E-state index in [1.807, 2.05) is 0 Å². The summed E-state index contributed by atoms with van der Waals surface area (Å²) in [6.07, 6.45) is 4.44. The summed E-state index contributed by atoms with van der Waals surface area (Å²) in [7, 11) is 0. The van der Waals surface area contributed by atoms with Crippen LogP contribution >= 0.6 is 0 Å². The molecule has 1 atom stereocenters. The molecule has 1 unspecified atom stereocenters. The molecule has 0 aromatic carbocycles. The lowest BCUT2D eigenvalue weighted by molar-refractivity contribution is -0.137. The van der Waals surface area contributed by atoms with Crippen LogP contribution in [0.4, 0.5) is 0 Å². The number of amides is 1. The van der Waals surface area contributed by atoms with Crippen molar-refractivity contribution in [3.8, 4) is 0 Å². The van der Waals surface area contributed by atoms with Crippen LogP contribution in [0.3, 0.4) is 0 Å². The second-order valence-corrected chi connectivity index (χ2v) is 4.55. The Labute approximate surface area is 87.7 Å². The third kappa shape index (κ3) is 2.73. The molecular weight excluding hydrogens is 174 g/mol. The minimum absolute atomic E-state index is 0.264. The number of nitrogens with zero attached hydrogens (tertiary/aromatic N) is 1. The van der Waals surface area contributed by atoms with Gasteiger partial charge in [-0.05, 0) is 31.6 Å². The summed E-state index contributed by atoms with van der Waals surface area (Å²) in [4.78, 5) is 14.1. The van der Waals surface area contributed by atoms with E-state index in [4.69, 9.17) is 0 Å². The van der Waals surface area contributed by atoms with Gasteiger partial charge in [-0.3, -0.25) is 4.79 Å². The van der Waals surface area contributed by atoms with Crippen LogP contribution in [0.1, 0.15) is 46.5 Å². The number of hydrogen-bond donors (Lipinski definition) is 0. The maximum absolute atomic E-state index is 12.0. The summed E-state index contributed by atoms with van der Waals surface area (Å²) in [6, 6.07) is 0. The minimum atomic E-state index is 0.264. The Hall–Kier alpha value is -0.530. The Balaban J connectivity index is 2.50. The van der Waals surface area contributed by atoms with E-state index >= 15 is 0 Å². The normalized spacial score (nSPS) is 22.9. The number of rotatable bonds is 3. The van der Waals surface area contributed by atoms with Crippen molar-refractivity contribution in [2.24, 2.45) is 11.8 Å². The van der Waals surface area contributed by atoms with Crippen molar-refractivity contribution in [3.05, 3.63) is 0 Å². The molecule has 0 spiro atoms. The zero-order chi connectivity index (χ0) is 10.6. The van der Waals surface area contributed by atoms with Crippen molar-refractivity contribution in [1.82, 2.24) is 4.90 Å². The molecule has 2 heteroatoms. The van der Waals surface area contributed by atoms with Crippen molar-refractivity contribution in [1.29, 1.82) is 0 Å². The van der Waals surface area contributed by atoms with E-state index in [1.54, 1.807) is 0 Å². The number of likely N-dealkylation sites (tertiary alicyclic amines) is 1. The molecule has 1 aliphatic rings. The van der Waals surface area contributed by atoms with Crippen LogP contribution in [0.5, 0.6) is 0 Å². The SMILES string of the molecule is CCC(CC)C(=O)N1CCCC(C)C1. The van der Waals surface area contributed by atoms with Crippen LogP contribution in [-0.2, 0) is 4.79 Å². The molecule has 1 fully saturated rings. The Kier molecular flexibility index (Phi) is 4.43. The van der Waals surface area contributed by atoms with Gasteiger partial charge in [0.1, 0.15) is 0 Å². The zero-order valence-corrected chi connectivity index (χ0v) is 9.75. The van der Waals surface area contributed by atoms with Gasteiger partial charge in [0.25, 0.3) is 0 Å². The van der Waals surface area contributed by atoms with Crippen molar-refractivity contribution < 1.29 is 4.79 Å². The first kappa shape index (κ1) is 11.5. The van der Waals surface area contributed by atoms with Crippen LogP contribution in [0, 0.1) is 11.8 Å². The molecule has 14 heavy (non-hydrogen) atoms. The summed E-state index contributed by atoms with van der Waals surface area (Å²) in [5, 5.41) is 0. The lowest BCUT2D eigenvalue weighted by Gasteiger charge is -2.33. The number of carbonyl (C=O) groups is 1. The molecule has 0 radical (unpaired) electrons. The van der Waals surface area contributed by atoms with Gasteiger partial charge in [0.15, 0.2) is 0 Å². The molecular formula is C12H23NO.